The third-order valence-corrected chi connectivity index (χ3v) is 5.73. The zero-order valence-electron chi connectivity index (χ0n) is 20.1. The van der Waals surface area contributed by atoms with Gasteiger partial charge in [0.1, 0.15) is 12.1 Å². The summed E-state index contributed by atoms with van der Waals surface area (Å²) in [6.45, 7) is 0. The van der Waals surface area contributed by atoms with E-state index in [1.165, 1.54) is 0 Å². The summed E-state index contributed by atoms with van der Waals surface area (Å²) in [7, 11) is 0. The normalized spacial score (nSPS) is 10.6. The van der Waals surface area contributed by atoms with Crippen molar-refractivity contribution < 1.29 is 19.5 Å². The Balaban J connectivity index is 1.52. The summed E-state index contributed by atoms with van der Waals surface area (Å²) in [5.41, 5.74) is 3.70. The summed E-state index contributed by atoms with van der Waals surface area (Å²) in [5.74, 6) is 0.340. The number of benzene rings is 2. The molecule has 0 aliphatic carbocycles. The van der Waals surface area contributed by atoms with Crippen LogP contribution in [0, 0.1) is 0 Å². The maximum atomic E-state index is 13.2. The second-order valence-electron chi connectivity index (χ2n) is 8.42. The first-order valence-electron chi connectivity index (χ1n) is 12.0. The van der Waals surface area contributed by atoms with E-state index < -0.39 is 6.09 Å². The summed E-state index contributed by atoms with van der Waals surface area (Å²) in [4.78, 5) is 43.3. The molecule has 2 aromatic carbocycles. The smallest absolute Gasteiger partial charge is 0.410 e. The molecule has 4 rings (SSSR count). The van der Waals surface area contributed by atoms with Gasteiger partial charge < -0.3 is 9.90 Å². The summed E-state index contributed by atoms with van der Waals surface area (Å²) in [5, 5.41) is 14.0. The minimum atomic E-state index is -1.19. The number of pyridine rings is 1. The molecule has 0 radical (unpaired) electrons. The lowest BCUT2D eigenvalue weighted by atomic mass is 10.0. The van der Waals surface area contributed by atoms with Crippen molar-refractivity contribution in [3.05, 3.63) is 90.4 Å². The molecule has 0 fully saturated rings. The van der Waals surface area contributed by atoms with Gasteiger partial charge in [-0.15, -0.1) is 0 Å². The van der Waals surface area contributed by atoms with E-state index in [-0.39, 0.29) is 11.7 Å². The number of anilines is 2. The van der Waals surface area contributed by atoms with E-state index in [0.29, 0.717) is 17.9 Å². The lowest BCUT2D eigenvalue weighted by Gasteiger charge is -2.10. The fraction of sp³-hybridized carbons (Fsp3) is 0.179. The number of hydrogen-bond donors (Lipinski definition) is 3. The van der Waals surface area contributed by atoms with E-state index in [2.05, 4.69) is 20.6 Å². The SMILES string of the molecule is O=CCCCCCc1cn(-c2ccccc2)c(NC(=O)c2cccc(-c3ccc(NC(=O)O)nc3)c2)n1. The van der Waals surface area contributed by atoms with Gasteiger partial charge in [-0.3, -0.25) is 20.0 Å². The van der Waals surface area contributed by atoms with Crippen LogP contribution in [-0.2, 0) is 11.2 Å². The molecule has 0 aliphatic rings. The molecule has 2 heterocycles. The molecular weight excluding hydrogens is 470 g/mol. The second-order valence-corrected chi connectivity index (χ2v) is 8.42. The number of aryl methyl sites for hydroxylation is 1. The Kier molecular flexibility index (Phi) is 8.38. The van der Waals surface area contributed by atoms with Crippen molar-refractivity contribution in [3.8, 4) is 16.8 Å². The first-order valence-corrected chi connectivity index (χ1v) is 12.0. The van der Waals surface area contributed by atoms with Gasteiger partial charge in [-0.2, -0.15) is 0 Å². The number of nitrogens with one attached hydrogen (secondary N) is 2. The van der Waals surface area contributed by atoms with Gasteiger partial charge in [0.2, 0.25) is 5.95 Å². The average molecular weight is 498 g/mol. The van der Waals surface area contributed by atoms with Gasteiger partial charge in [-0.05, 0) is 61.2 Å². The highest BCUT2D eigenvalue weighted by Crippen LogP contribution is 2.23. The monoisotopic (exact) mass is 497 g/mol. The van der Waals surface area contributed by atoms with E-state index in [4.69, 9.17) is 5.11 Å². The van der Waals surface area contributed by atoms with Crippen LogP contribution in [0.2, 0.25) is 0 Å². The van der Waals surface area contributed by atoms with Crippen LogP contribution in [0.5, 0.6) is 0 Å². The number of rotatable bonds is 11. The third-order valence-electron chi connectivity index (χ3n) is 5.73. The molecule has 0 aliphatic heterocycles. The summed E-state index contributed by atoms with van der Waals surface area (Å²) in [6.07, 6.45) is 7.25. The number of carboxylic acid groups (broad SMARTS) is 1. The topological polar surface area (TPSA) is 126 Å². The minimum absolute atomic E-state index is 0.220. The lowest BCUT2D eigenvalue weighted by molar-refractivity contribution is -0.107. The van der Waals surface area contributed by atoms with Crippen molar-refractivity contribution in [1.82, 2.24) is 14.5 Å². The first-order chi connectivity index (χ1) is 18.0. The lowest BCUT2D eigenvalue weighted by Crippen LogP contribution is -2.15. The highest BCUT2D eigenvalue weighted by molar-refractivity contribution is 6.04. The minimum Gasteiger partial charge on any atom is -0.465 e. The van der Waals surface area contributed by atoms with Crippen LogP contribution >= 0.6 is 0 Å². The molecule has 2 amide bonds. The molecule has 0 saturated carbocycles. The van der Waals surface area contributed by atoms with Crippen LogP contribution in [0.25, 0.3) is 16.8 Å². The Morgan fingerprint density at radius 1 is 0.919 bits per heavy atom. The number of nitrogens with zero attached hydrogens (tertiary/aromatic N) is 3. The molecule has 2 aromatic heterocycles. The number of carbonyl (C=O) groups is 3. The van der Waals surface area contributed by atoms with Crippen LogP contribution in [-0.4, -0.2) is 37.9 Å². The van der Waals surface area contributed by atoms with Gasteiger partial charge in [0.25, 0.3) is 5.91 Å². The molecule has 0 saturated heterocycles. The standard InChI is InChI=1S/C28H27N5O4/c34-16-7-2-1-4-11-23-19-33(24-12-5-3-6-13-24)27(30-23)32-26(35)21-10-8-9-20(17-21)22-14-15-25(29-18-22)31-28(36)37/h3,5-6,8-10,12-19H,1-2,4,7,11H2,(H,29,31)(H,36,37)(H,30,32,35). The zero-order chi connectivity index (χ0) is 26.0. The van der Waals surface area contributed by atoms with Gasteiger partial charge in [0.15, 0.2) is 0 Å². The average Bonchev–Trinajstić information content (AvgIpc) is 3.31. The number of amides is 2. The highest BCUT2D eigenvalue weighted by atomic mass is 16.4. The number of unbranched alkanes of at least 4 members (excludes halogenated alkanes) is 3. The summed E-state index contributed by atoms with van der Waals surface area (Å²) in [6, 6.07) is 20.1. The molecule has 9 heteroatoms. The van der Waals surface area contributed by atoms with Crippen molar-refractivity contribution in [2.24, 2.45) is 0 Å². The Hall–Kier alpha value is -4.79. The van der Waals surface area contributed by atoms with E-state index in [0.717, 1.165) is 54.5 Å². The number of hydrogen-bond acceptors (Lipinski definition) is 5. The third kappa shape index (κ3) is 6.88. The maximum Gasteiger partial charge on any atom is 0.410 e. The predicted octanol–water partition coefficient (Wildman–Crippen LogP) is 5.58. The molecule has 0 bridgehead atoms. The van der Waals surface area contributed by atoms with Gasteiger partial charge in [-0.1, -0.05) is 36.8 Å². The molecule has 9 nitrogen and oxygen atoms in total. The van der Waals surface area contributed by atoms with E-state index >= 15 is 0 Å². The molecule has 0 atom stereocenters. The van der Waals surface area contributed by atoms with Gasteiger partial charge in [0, 0.05) is 35.6 Å². The Morgan fingerprint density at radius 3 is 2.49 bits per heavy atom. The van der Waals surface area contributed by atoms with Gasteiger partial charge in [-0.25, -0.2) is 14.8 Å². The molecule has 188 valence electrons. The number of carbonyl (C=O) groups excluding carboxylic acids is 2. The number of imidazole rings is 1. The highest BCUT2D eigenvalue weighted by Gasteiger charge is 2.15. The van der Waals surface area contributed by atoms with Crippen molar-refractivity contribution in [2.45, 2.75) is 32.1 Å². The Morgan fingerprint density at radius 2 is 1.76 bits per heavy atom. The van der Waals surface area contributed by atoms with Crippen LogP contribution in [0.15, 0.2) is 79.1 Å². The van der Waals surface area contributed by atoms with Crippen molar-refractivity contribution in [1.29, 1.82) is 0 Å². The van der Waals surface area contributed by atoms with E-state index in [9.17, 15) is 14.4 Å². The molecule has 0 unspecified atom stereocenters. The maximum absolute atomic E-state index is 13.2. The Bertz CT molecular complexity index is 1370. The van der Waals surface area contributed by atoms with Crippen molar-refractivity contribution in [2.75, 3.05) is 10.6 Å². The fourth-order valence-corrected chi connectivity index (χ4v) is 3.90. The molecule has 4 aromatic rings. The molecule has 0 spiro atoms. The summed E-state index contributed by atoms with van der Waals surface area (Å²) >= 11 is 0. The molecule has 3 N–H and O–H groups in total. The first kappa shape index (κ1) is 25.3. The second kappa shape index (κ2) is 12.3. The fourth-order valence-electron chi connectivity index (χ4n) is 3.90. The van der Waals surface area contributed by atoms with Gasteiger partial charge in [0.05, 0.1) is 5.69 Å². The predicted molar refractivity (Wildman–Crippen MR) is 141 cm³/mol. The van der Waals surface area contributed by atoms with Crippen molar-refractivity contribution >= 4 is 30.1 Å². The Labute approximate surface area is 214 Å². The van der Waals surface area contributed by atoms with E-state index in [1.807, 2.05) is 47.2 Å². The molecule has 37 heavy (non-hydrogen) atoms. The van der Waals surface area contributed by atoms with Crippen LogP contribution < -0.4 is 10.6 Å². The van der Waals surface area contributed by atoms with Crippen LogP contribution in [0.4, 0.5) is 16.6 Å². The van der Waals surface area contributed by atoms with Crippen molar-refractivity contribution in [3.63, 3.8) is 0 Å². The quantitative estimate of drug-likeness (QED) is 0.183. The zero-order valence-corrected chi connectivity index (χ0v) is 20.1. The van der Waals surface area contributed by atoms with Gasteiger partial charge >= 0.3 is 6.09 Å². The number of aldehydes is 1. The summed E-state index contributed by atoms with van der Waals surface area (Å²) < 4.78 is 1.86. The molecular formula is C28H27N5O4. The number of para-hydroxylation sites is 1. The van der Waals surface area contributed by atoms with Crippen LogP contribution in [0.3, 0.4) is 0 Å². The van der Waals surface area contributed by atoms with E-state index in [1.54, 1.807) is 36.5 Å². The number of aromatic nitrogens is 3. The van der Waals surface area contributed by atoms with Crippen LogP contribution in [0.1, 0.15) is 41.7 Å². The largest absolute Gasteiger partial charge is 0.465 e.